The normalized spacial score (nSPS) is 11.0. The van der Waals surface area contributed by atoms with Crippen LogP contribution in [0.4, 0.5) is 0 Å². The van der Waals surface area contributed by atoms with Crippen molar-refractivity contribution >= 4 is 33.6 Å². The second-order valence-electron chi connectivity index (χ2n) is 6.08. The number of H-pyrrole nitrogens is 1. The van der Waals surface area contributed by atoms with E-state index in [0.717, 1.165) is 22.1 Å². The number of nitrogens with zero attached hydrogens (tertiary/aromatic N) is 1. The molecule has 2 aromatic carbocycles. The average molecular weight is 344 g/mol. The lowest BCUT2D eigenvalue weighted by atomic mass is 10.1. The molecule has 0 unspecified atom stereocenters. The third kappa shape index (κ3) is 2.84. The van der Waals surface area contributed by atoms with Gasteiger partial charge in [-0.05, 0) is 25.1 Å². The molecule has 128 valence electrons. The maximum absolute atomic E-state index is 12.5. The van der Waals surface area contributed by atoms with Crippen LogP contribution in [-0.4, -0.2) is 28.3 Å². The highest BCUT2D eigenvalue weighted by Crippen LogP contribution is 2.20. The van der Waals surface area contributed by atoms with Crippen LogP contribution in [0.2, 0.25) is 0 Å². The van der Waals surface area contributed by atoms with Gasteiger partial charge in [0.05, 0.1) is 11.1 Å². The zero-order chi connectivity index (χ0) is 18.1. The first-order chi connectivity index (χ1) is 12.6. The molecule has 1 N–H and O–H groups in total. The number of pyridine rings is 1. The first-order valence-electron chi connectivity index (χ1n) is 8.26. The molecule has 0 fully saturated rings. The van der Waals surface area contributed by atoms with Gasteiger partial charge in [-0.25, -0.2) is 4.79 Å². The van der Waals surface area contributed by atoms with E-state index in [2.05, 4.69) is 9.97 Å². The molecule has 0 saturated carbocycles. The number of para-hydroxylation sites is 2. The fourth-order valence-electron chi connectivity index (χ4n) is 3.07. The number of nitrogens with one attached hydrogen (secondary N) is 1. The number of esters is 1. The molecule has 0 radical (unpaired) electrons. The van der Waals surface area contributed by atoms with E-state index in [1.54, 1.807) is 12.3 Å². The number of Topliss-reactive ketones (excluding diaryl/α,β-unsaturated/α-hetero) is 1. The molecule has 0 amide bonds. The van der Waals surface area contributed by atoms with E-state index in [-0.39, 0.29) is 12.4 Å². The fraction of sp³-hybridized carbons (Fsp3) is 0.0952. The molecule has 0 saturated heterocycles. The largest absolute Gasteiger partial charge is 0.454 e. The number of rotatable bonds is 4. The van der Waals surface area contributed by atoms with Crippen LogP contribution >= 0.6 is 0 Å². The van der Waals surface area contributed by atoms with Gasteiger partial charge in [0.25, 0.3) is 0 Å². The maximum Gasteiger partial charge on any atom is 0.339 e. The summed E-state index contributed by atoms with van der Waals surface area (Å²) in [6, 6.07) is 16.6. The lowest BCUT2D eigenvalue weighted by Gasteiger charge is -2.08. The summed E-state index contributed by atoms with van der Waals surface area (Å²) in [4.78, 5) is 32.5. The Morgan fingerprint density at radius 2 is 1.73 bits per heavy atom. The number of hydrogen-bond acceptors (Lipinski definition) is 4. The minimum Gasteiger partial charge on any atom is -0.454 e. The van der Waals surface area contributed by atoms with Gasteiger partial charge in [-0.1, -0.05) is 36.4 Å². The minimum absolute atomic E-state index is 0.245. The van der Waals surface area contributed by atoms with Crippen LogP contribution in [0.1, 0.15) is 26.4 Å². The molecule has 26 heavy (non-hydrogen) atoms. The highest BCUT2D eigenvalue weighted by atomic mass is 16.5. The SMILES string of the molecule is Cc1cc(C(=O)OCC(=O)c2c[nH]c3ccccc23)c2ccccc2n1. The van der Waals surface area contributed by atoms with Crippen molar-refractivity contribution in [1.29, 1.82) is 0 Å². The molecular weight excluding hydrogens is 328 g/mol. The van der Waals surface area contributed by atoms with Crippen molar-refractivity contribution in [1.82, 2.24) is 9.97 Å². The Bertz CT molecular complexity index is 1140. The number of ether oxygens (including phenoxy) is 1. The zero-order valence-corrected chi connectivity index (χ0v) is 14.2. The van der Waals surface area contributed by atoms with Gasteiger partial charge >= 0.3 is 5.97 Å². The number of carbonyl (C=O) groups is 2. The number of hydrogen-bond donors (Lipinski definition) is 1. The first kappa shape index (κ1) is 16.0. The lowest BCUT2D eigenvalue weighted by molar-refractivity contribution is 0.0477. The highest BCUT2D eigenvalue weighted by molar-refractivity contribution is 6.10. The van der Waals surface area contributed by atoms with E-state index in [1.807, 2.05) is 55.5 Å². The number of aryl methyl sites for hydroxylation is 1. The van der Waals surface area contributed by atoms with E-state index >= 15 is 0 Å². The Morgan fingerprint density at radius 1 is 1.00 bits per heavy atom. The molecular formula is C21H16N2O3. The predicted octanol–water partition coefficient (Wildman–Crippen LogP) is 4.06. The molecule has 4 aromatic rings. The summed E-state index contributed by atoms with van der Waals surface area (Å²) >= 11 is 0. The second kappa shape index (κ2) is 6.44. The van der Waals surface area contributed by atoms with Crippen LogP contribution in [0, 0.1) is 6.92 Å². The Balaban J connectivity index is 1.57. The van der Waals surface area contributed by atoms with Crippen LogP contribution < -0.4 is 0 Å². The third-order valence-electron chi connectivity index (χ3n) is 4.29. The molecule has 0 aliphatic rings. The van der Waals surface area contributed by atoms with E-state index in [9.17, 15) is 9.59 Å². The summed E-state index contributed by atoms with van der Waals surface area (Å²) in [5.41, 5.74) is 3.25. The zero-order valence-electron chi connectivity index (χ0n) is 14.2. The van der Waals surface area contributed by atoms with Gasteiger partial charge in [-0.15, -0.1) is 0 Å². The van der Waals surface area contributed by atoms with Crippen molar-refractivity contribution in [3.8, 4) is 0 Å². The number of aromatic amines is 1. The van der Waals surface area contributed by atoms with Gasteiger partial charge in [0.1, 0.15) is 0 Å². The molecule has 0 atom stereocenters. The average Bonchev–Trinajstić information content (AvgIpc) is 3.09. The van der Waals surface area contributed by atoms with E-state index in [4.69, 9.17) is 4.74 Å². The number of carbonyl (C=O) groups excluding carboxylic acids is 2. The van der Waals surface area contributed by atoms with Crippen LogP contribution in [0.15, 0.2) is 60.8 Å². The van der Waals surface area contributed by atoms with Crippen molar-refractivity contribution < 1.29 is 14.3 Å². The number of aromatic nitrogens is 2. The Morgan fingerprint density at radius 3 is 2.58 bits per heavy atom. The molecule has 0 spiro atoms. The molecule has 5 nitrogen and oxygen atoms in total. The summed E-state index contributed by atoms with van der Waals surface area (Å²) in [6.07, 6.45) is 1.65. The highest BCUT2D eigenvalue weighted by Gasteiger charge is 2.17. The Kier molecular flexibility index (Phi) is 3.97. The van der Waals surface area contributed by atoms with Crippen molar-refractivity contribution in [3.63, 3.8) is 0 Å². The van der Waals surface area contributed by atoms with Gasteiger partial charge in [-0.3, -0.25) is 9.78 Å². The van der Waals surface area contributed by atoms with Crippen LogP contribution in [-0.2, 0) is 4.74 Å². The van der Waals surface area contributed by atoms with Crippen LogP contribution in [0.25, 0.3) is 21.8 Å². The lowest BCUT2D eigenvalue weighted by Crippen LogP contribution is -2.14. The standard InChI is InChI=1S/C21H16N2O3/c1-13-10-16(14-6-3-5-9-19(14)23-13)21(25)26-12-20(24)17-11-22-18-8-4-2-7-15(17)18/h2-11,22H,12H2,1H3. The van der Waals surface area contributed by atoms with Crippen molar-refractivity contribution in [2.75, 3.05) is 6.61 Å². The molecule has 4 rings (SSSR count). The quantitative estimate of drug-likeness (QED) is 0.447. The molecule has 2 aromatic heterocycles. The number of ketones is 1. The minimum atomic E-state index is -0.528. The molecule has 0 aliphatic carbocycles. The van der Waals surface area contributed by atoms with Gasteiger partial charge in [0.15, 0.2) is 6.61 Å². The second-order valence-corrected chi connectivity index (χ2v) is 6.08. The summed E-state index contributed by atoms with van der Waals surface area (Å²) in [5.74, 6) is -0.772. The summed E-state index contributed by atoms with van der Waals surface area (Å²) in [7, 11) is 0. The predicted molar refractivity (Wildman–Crippen MR) is 99.4 cm³/mol. The summed E-state index contributed by atoms with van der Waals surface area (Å²) in [6.45, 7) is 1.51. The van der Waals surface area contributed by atoms with Gasteiger partial charge in [0, 0.05) is 33.7 Å². The van der Waals surface area contributed by atoms with Gasteiger partial charge < -0.3 is 9.72 Å². The number of benzene rings is 2. The molecule has 0 aliphatic heterocycles. The van der Waals surface area contributed by atoms with Crippen molar-refractivity contribution in [2.45, 2.75) is 6.92 Å². The topological polar surface area (TPSA) is 72.1 Å². The van der Waals surface area contributed by atoms with Gasteiger partial charge in [-0.2, -0.15) is 0 Å². The van der Waals surface area contributed by atoms with Crippen LogP contribution in [0.3, 0.4) is 0 Å². The monoisotopic (exact) mass is 344 g/mol. The van der Waals surface area contributed by atoms with Crippen LogP contribution in [0.5, 0.6) is 0 Å². The Hall–Kier alpha value is -3.47. The maximum atomic E-state index is 12.5. The van der Waals surface area contributed by atoms with E-state index in [0.29, 0.717) is 16.5 Å². The first-order valence-corrected chi connectivity index (χ1v) is 8.26. The van der Waals surface area contributed by atoms with Crippen molar-refractivity contribution in [2.24, 2.45) is 0 Å². The van der Waals surface area contributed by atoms with E-state index in [1.165, 1.54) is 0 Å². The Labute approximate surface area is 149 Å². The summed E-state index contributed by atoms with van der Waals surface area (Å²) in [5, 5.41) is 1.53. The van der Waals surface area contributed by atoms with Crippen molar-refractivity contribution in [3.05, 3.63) is 77.6 Å². The number of fused-ring (bicyclic) bond motifs is 2. The molecule has 5 heteroatoms. The van der Waals surface area contributed by atoms with E-state index < -0.39 is 5.97 Å². The molecule has 0 bridgehead atoms. The fourth-order valence-corrected chi connectivity index (χ4v) is 3.07. The summed E-state index contributed by atoms with van der Waals surface area (Å²) < 4.78 is 5.30. The smallest absolute Gasteiger partial charge is 0.339 e. The molecule has 2 heterocycles. The van der Waals surface area contributed by atoms with Gasteiger partial charge in [0.2, 0.25) is 5.78 Å². The third-order valence-corrected chi connectivity index (χ3v) is 4.29.